The molecule has 0 aliphatic heterocycles. The van der Waals surface area contributed by atoms with Gasteiger partial charge >= 0.3 is 0 Å². The first-order valence-corrected chi connectivity index (χ1v) is 7.89. The van der Waals surface area contributed by atoms with Crippen LogP contribution in [0.5, 0.6) is 5.75 Å². The third kappa shape index (κ3) is 3.22. The molecular formula is C18H17BrN2O. The number of ether oxygens (including phenoxy) is 1. The van der Waals surface area contributed by atoms with Crippen molar-refractivity contribution in [2.75, 3.05) is 12.4 Å². The minimum Gasteiger partial charge on any atom is -0.497 e. The fraction of sp³-hybridized carbons (Fsp3) is 0.167. The van der Waals surface area contributed by atoms with Gasteiger partial charge in [0.1, 0.15) is 11.6 Å². The molecule has 0 fully saturated rings. The Morgan fingerprint density at radius 1 is 1.09 bits per heavy atom. The standard InChI is InChI=1S/C18H17BrN2O/c1-12-9-14-10-15(19)5-8-17(14)21-18(12)20-11-13-3-6-16(22-2)7-4-13/h3-10H,11H2,1-2H3,(H,20,21). The minimum absolute atomic E-state index is 0.736. The highest BCUT2D eigenvalue weighted by molar-refractivity contribution is 9.10. The monoisotopic (exact) mass is 356 g/mol. The van der Waals surface area contributed by atoms with Crippen LogP contribution in [0.3, 0.4) is 0 Å². The second-order valence-electron chi connectivity index (χ2n) is 5.19. The SMILES string of the molecule is COc1ccc(CNc2nc3ccc(Br)cc3cc2C)cc1. The first-order valence-electron chi connectivity index (χ1n) is 7.09. The van der Waals surface area contributed by atoms with Crippen LogP contribution in [0, 0.1) is 6.92 Å². The molecule has 0 saturated carbocycles. The predicted octanol–water partition coefficient (Wildman–Crippen LogP) is 4.93. The minimum atomic E-state index is 0.736. The molecule has 4 heteroatoms. The number of halogens is 1. The van der Waals surface area contributed by atoms with E-state index in [1.54, 1.807) is 7.11 Å². The van der Waals surface area contributed by atoms with Crippen molar-refractivity contribution < 1.29 is 4.74 Å². The zero-order valence-corrected chi connectivity index (χ0v) is 14.1. The summed E-state index contributed by atoms with van der Waals surface area (Å²) in [5.74, 6) is 1.79. The van der Waals surface area contributed by atoms with E-state index in [2.05, 4.69) is 52.4 Å². The van der Waals surface area contributed by atoms with E-state index in [9.17, 15) is 0 Å². The van der Waals surface area contributed by atoms with E-state index in [1.807, 2.05) is 24.3 Å². The van der Waals surface area contributed by atoms with Crippen molar-refractivity contribution in [3.8, 4) is 5.75 Å². The van der Waals surface area contributed by atoms with Crippen molar-refractivity contribution in [2.45, 2.75) is 13.5 Å². The maximum absolute atomic E-state index is 5.17. The number of anilines is 1. The molecule has 0 radical (unpaired) electrons. The summed E-state index contributed by atoms with van der Waals surface area (Å²) in [6.45, 7) is 2.81. The van der Waals surface area contributed by atoms with Crippen LogP contribution in [-0.4, -0.2) is 12.1 Å². The number of hydrogen-bond acceptors (Lipinski definition) is 3. The largest absolute Gasteiger partial charge is 0.497 e. The summed E-state index contributed by atoms with van der Waals surface area (Å²) in [5, 5.41) is 4.55. The number of methoxy groups -OCH3 is 1. The van der Waals surface area contributed by atoms with Crippen molar-refractivity contribution in [1.82, 2.24) is 4.98 Å². The fourth-order valence-corrected chi connectivity index (χ4v) is 2.74. The Balaban J connectivity index is 1.80. The summed E-state index contributed by atoms with van der Waals surface area (Å²) < 4.78 is 6.24. The number of pyridine rings is 1. The summed E-state index contributed by atoms with van der Waals surface area (Å²) in [6, 6.07) is 16.3. The molecule has 0 bridgehead atoms. The van der Waals surface area contributed by atoms with Gasteiger partial charge in [0.2, 0.25) is 0 Å². The molecule has 112 valence electrons. The van der Waals surface area contributed by atoms with Crippen LogP contribution in [-0.2, 0) is 6.54 Å². The molecule has 0 aliphatic carbocycles. The molecule has 0 amide bonds. The molecule has 1 aromatic heterocycles. The number of benzene rings is 2. The van der Waals surface area contributed by atoms with Crippen LogP contribution in [0.1, 0.15) is 11.1 Å². The van der Waals surface area contributed by atoms with Crippen LogP contribution in [0.4, 0.5) is 5.82 Å². The van der Waals surface area contributed by atoms with Crippen LogP contribution >= 0.6 is 15.9 Å². The summed E-state index contributed by atoms with van der Waals surface area (Å²) in [5.41, 5.74) is 3.32. The number of nitrogens with one attached hydrogen (secondary N) is 1. The van der Waals surface area contributed by atoms with Gasteiger partial charge in [-0.25, -0.2) is 4.98 Å². The predicted molar refractivity (Wildman–Crippen MR) is 94.5 cm³/mol. The molecule has 1 N–H and O–H groups in total. The van der Waals surface area contributed by atoms with Crippen molar-refractivity contribution in [1.29, 1.82) is 0 Å². The molecule has 1 heterocycles. The number of fused-ring (bicyclic) bond motifs is 1. The van der Waals surface area contributed by atoms with Crippen molar-refractivity contribution in [2.24, 2.45) is 0 Å². The zero-order valence-electron chi connectivity index (χ0n) is 12.6. The highest BCUT2D eigenvalue weighted by atomic mass is 79.9. The van der Waals surface area contributed by atoms with Crippen LogP contribution < -0.4 is 10.1 Å². The average molecular weight is 357 g/mol. The summed E-state index contributed by atoms with van der Waals surface area (Å²) >= 11 is 3.49. The summed E-state index contributed by atoms with van der Waals surface area (Å²) in [7, 11) is 1.67. The molecule has 3 aromatic rings. The number of rotatable bonds is 4. The number of nitrogens with zero attached hydrogens (tertiary/aromatic N) is 1. The first kappa shape index (κ1) is 14.9. The second kappa shape index (κ2) is 6.36. The normalized spacial score (nSPS) is 10.7. The maximum Gasteiger partial charge on any atom is 0.129 e. The van der Waals surface area contributed by atoms with Gasteiger partial charge in [0, 0.05) is 16.4 Å². The molecule has 0 unspecified atom stereocenters. The molecule has 3 nitrogen and oxygen atoms in total. The summed E-state index contributed by atoms with van der Waals surface area (Å²) in [4.78, 5) is 4.71. The number of aryl methyl sites for hydroxylation is 1. The first-order chi connectivity index (χ1) is 10.7. The Labute approximate surface area is 138 Å². The molecule has 2 aromatic carbocycles. The molecule has 22 heavy (non-hydrogen) atoms. The van der Waals surface area contributed by atoms with Crippen LogP contribution in [0.25, 0.3) is 10.9 Å². The number of hydrogen-bond donors (Lipinski definition) is 1. The van der Waals surface area contributed by atoms with E-state index in [0.29, 0.717) is 0 Å². The molecule has 0 saturated heterocycles. The molecule has 3 rings (SSSR count). The van der Waals surface area contributed by atoms with Gasteiger partial charge in [0.05, 0.1) is 12.6 Å². The van der Waals surface area contributed by atoms with E-state index < -0.39 is 0 Å². The third-order valence-corrected chi connectivity index (χ3v) is 4.08. The number of aromatic nitrogens is 1. The molecular weight excluding hydrogens is 340 g/mol. The lowest BCUT2D eigenvalue weighted by molar-refractivity contribution is 0.414. The Hall–Kier alpha value is -2.07. The lowest BCUT2D eigenvalue weighted by Gasteiger charge is -2.11. The Morgan fingerprint density at radius 3 is 2.59 bits per heavy atom. The van der Waals surface area contributed by atoms with Gasteiger partial charge in [0.25, 0.3) is 0 Å². The Bertz CT molecular complexity index is 800. The van der Waals surface area contributed by atoms with Gasteiger partial charge in [-0.2, -0.15) is 0 Å². The molecule has 0 atom stereocenters. The topological polar surface area (TPSA) is 34.1 Å². The summed E-state index contributed by atoms with van der Waals surface area (Å²) in [6.07, 6.45) is 0. The highest BCUT2D eigenvalue weighted by Gasteiger charge is 2.04. The lowest BCUT2D eigenvalue weighted by atomic mass is 10.1. The van der Waals surface area contributed by atoms with Gasteiger partial charge in [0.15, 0.2) is 0 Å². The van der Waals surface area contributed by atoms with E-state index in [1.165, 1.54) is 5.56 Å². The lowest BCUT2D eigenvalue weighted by Crippen LogP contribution is -2.03. The third-order valence-electron chi connectivity index (χ3n) is 3.59. The second-order valence-corrected chi connectivity index (χ2v) is 6.11. The van der Waals surface area contributed by atoms with Crippen LogP contribution in [0.15, 0.2) is 53.0 Å². The average Bonchev–Trinajstić information content (AvgIpc) is 2.53. The van der Waals surface area contributed by atoms with Gasteiger partial charge in [-0.05, 0) is 54.4 Å². The molecule has 0 spiro atoms. The Kier molecular flexibility index (Phi) is 4.29. The van der Waals surface area contributed by atoms with Crippen molar-refractivity contribution >= 4 is 32.7 Å². The van der Waals surface area contributed by atoms with E-state index in [0.717, 1.165) is 39.1 Å². The Morgan fingerprint density at radius 2 is 1.86 bits per heavy atom. The van der Waals surface area contributed by atoms with E-state index in [-0.39, 0.29) is 0 Å². The van der Waals surface area contributed by atoms with Crippen molar-refractivity contribution in [3.63, 3.8) is 0 Å². The fourth-order valence-electron chi connectivity index (χ4n) is 2.36. The van der Waals surface area contributed by atoms with Crippen LogP contribution in [0.2, 0.25) is 0 Å². The van der Waals surface area contributed by atoms with E-state index in [4.69, 9.17) is 9.72 Å². The molecule has 0 aliphatic rings. The van der Waals surface area contributed by atoms with Gasteiger partial charge < -0.3 is 10.1 Å². The van der Waals surface area contributed by atoms with Crippen molar-refractivity contribution in [3.05, 3.63) is 64.1 Å². The smallest absolute Gasteiger partial charge is 0.129 e. The zero-order chi connectivity index (χ0) is 15.5. The van der Waals surface area contributed by atoms with Gasteiger partial charge in [-0.1, -0.05) is 28.1 Å². The van der Waals surface area contributed by atoms with E-state index >= 15 is 0 Å². The van der Waals surface area contributed by atoms with Gasteiger partial charge in [-0.3, -0.25) is 0 Å². The highest BCUT2D eigenvalue weighted by Crippen LogP contribution is 2.23. The quantitative estimate of drug-likeness (QED) is 0.719. The maximum atomic E-state index is 5.17. The van der Waals surface area contributed by atoms with Gasteiger partial charge in [-0.15, -0.1) is 0 Å².